The minimum atomic E-state index is -3.24. The lowest BCUT2D eigenvalue weighted by molar-refractivity contribution is -0.136. The van der Waals surface area contributed by atoms with Gasteiger partial charge in [0.15, 0.2) is 0 Å². The van der Waals surface area contributed by atoms with Crippen molar-refractivity contribution in [3.8, 4) is 0 Å². The summed E-state index contributed by atoms with van der Waals surface area (Å²) in [5.74, 6) is 0.306. The van der Waals surface area contributed by atoms with Gasteiger partial charge in [0.05, 0.1) is 6.26 Å². The maximum Gasteiger partial charge on any atom is 0.226 e. The first-order valence-corrected chi connectivity index (χ1v) is 10.6. The van der Waals surface area contributed by atoms with Crippen LogP contribution in [0.5, 0.6) is 0 Å². The van der Waals surface area contributed by atoms with Crippen molar-refractivity contribution in [1.82, 2.24) is 9.62 Å². The predicted molar refractivity (Wildman–Crippen MR) is 94.5 cm³/mol. The third-order valence-electron chi connectivity index (χ3n) is 4.90. The van der Waals surface area contributed by atoms with Gasteiger partial charge in [0, 0.05) is 30.1 Å². The fraction of sp³-hybridized carbons (Fsp3) is 0.588. The molecule has 24 heavy (non-hydrogen) atoms. The Labute approximate surface area is 148 Å². The molecular weight excluding hydrogens is 348 g/mol. The van der Waals surface area contributed by atoms with E-state index in [1.807, 2.05) is 29.2 Å². The molecule has 3 rings (SSSR count). The van der Waals surface area contributed by atoms with Gasteiger partial charge in [-0.1, -0.05) is 29.8 Å². The Kier molecular flexibility index (Phi) is 5.18. The highest BCUT2D eigenvalue weighted by Gasteiger charge is 2.47. The van der Waals surface area contributed by atoms with Crippen LogP contribution in [0.1, 0.15) is 37.2 Å². The Morgan fingerprint density at radius 2 is 2.08 bits per heavy atom. The molecule has 5 nitrogen and oxygen atoms in total. The summed E-state index contributed by atoms with van der Waals surface area (Å²) >= 11 is 6.24. The molecule has 1 aliphatic heterocycles. The van der Waals surface area contributed by atoms with E-state index < -0.39 is 10.0 Å². The van der Waals surface area contributed by atoms with E-state index in [0.29, 0.717) is 18.1 Å². The first-order valence-electron chi connectivity index (χ1n) is 8.36. The van der Waals surface area contributed by atoms with Crippen LogP contribution in [-0.4, -0.2) is 44.6 Å². The van der Waals surface area contributed by atoms with Crippen molar-refractivity contribution >= 4 is 27.5 Å². The summed E-state index contributed by atoms with van der Waals surface area (Å²) in [5.41, 5.74) is 1.04. The normalized spacial score (nSPS) is 27.1. The number of carbonyl (C=O) groups is 1. The fourth-order valence-corrected chi connectivity index (χ4v) is 4.32. The number of carbonyl (C=O) groups excluding carboxylic acids is 1. The third kappa shape index (κ3) is 4.10. The molecule has 2 aliphatic rings. The second kappa shape index (κ2) is 7.02. The molecule has 0 unspecified atom stereocenters. The minimum Gasteiger partial charge on any atom is -0.338 e. The first-order chi connectivity index (χ1) is 11.4. The zero-order chi connectivity index (χ0) is 17.3. The summed E-state index contributed by atoms with van der Waals surface area (Å²) in [6.07, 6.45) is 4.82. The summed E-state index contributed by atoms with van der Waals surface area (Å²) in [7, 11) is -3.24. The molecule has 1 heterocycles. The molecule has 7 heteroatoms. The topological polar surface area (TPSA) is 66.5 Å². The quantitative estimate of drug-likeness (QED) is 0.865. The SMILES string of the molecule is CS(=O)(=O)NC[C@@H]1CCCCN1C(=O)[C@@H]1C[C@@H]1c1ccccc1Cl. The van der Waals surface area contributed by atoms with Gasteiger partial charge in [0.2, 0.25) is 15.9 Å². The smallest absolute Gasteiger partial charge is 0.226 e. The molecule has 1 N–H and O–H groups in total. The molecule has 3 atom stereocenters. The predicted octanol–water partition coefficient (Wildman–Crippen LogP) is 2.37. The van der Waals surface area contributed by atoms with Gasteiger partial charge in [-0.15, -0.1) is 0 Å². The van der Waals surface area contributed by atoms with Gasteiger partial charge in [-0.05, 0) is 43.2 Å². The lowest BCUT2D eigenvalue weighted by Gasteiger charge is -2.36. The van der Waals surface area contributed by atoms with Crippen LogP contribution in [0.3, 0.4) is 0 Å². The van der Waals surface area contributed by atoms with Crippen molar-refractivity contribution in [1.29, 1.82) is 0 Å². The monoisotopic (exact) mass is 370 g/mol. The molecule has 1 aromatic rings. The van der Waals surface area contributed by atoms with Crippen molar-refractivity contribution in [3.63, 3.8) is 0 Å². The van der Waals surface area contributed by atoms with Crippen molar-refractivity contribution in [2.24, 2.45) is 5.92 Å². The number of benzene rings is 1. The summed E-state index contributed by atoms with van der Waals surface area (Å²) in [5, 5.41) is 0.715. The lowest BCUT2D eigenvalue weighted by Crippen LogP contribution is -2.49. The second-order valence-electron chi connectivity index (χ2n) is 6.77. The molecule has 1 aliphatic carbocycles. The Balaban J connectivity index is 1.66. The van der Waals surface area contributed by atoms with E-state index in [1.54, 1.807) is 0 Å². The van der Waals surface area contributed by atoms with E-state index in [4.69, 9.17) is 11.6 Å². The van der Waals surface area contributed by atoms with Crippen molar-refractivity contribution in [2.75, 3.05) is 19.3 Å². The van der Waals surface area contributed by atoms with Crippen LogP contribution in [0, 0.1) is 5.92 Å². The molecule has 1 amide bonds. The Morgan fingerprint density at radius 1 is 1.33 bits per heavy atom. The third-order valence-corrected chi connectivity index (χ3v) is 5.94. The number of nitrogens with zero attached hydrogens (tertiary/aromatic N) is 1. The summed E-state index contributed by atoms with van der Waals surface area (Å²) in [6, 6.07) is 7.63. The zero-order valence-electron chi connectivity index (χ0n) is 13.7. The fourth-order valence-electron chi connectivity index (χ4n) is 3.55. The van der Waals surface area contributed by atoms with Crippen LogP contribution in [-0.2, 0) is 14.8 Å². The molecule has 0 spiro atoms. The van der Waals surface area contributed by atoms with Crippen LogP contribution in [0.2, 0.25) is 5.02 Å². The van der Waals surface area contributed by atoms with E-state index in [0.717, 1.165) is 37.5 Å². The molecule has 1 aromatic carbocycles. The van der Waals surface area contributed by atoms with E-state index in [-0.39, 0.29) is 23.8 Å². The van der Waals surface area contributed by atoms with Gasteiger partial charge in [-0.2, -0.15) is 0 Å². The highest BCUT2D eigenvalue weighted by molar-refractivity contribution is 7.88. The highest BCUT2D eigenvalue weighted by atomic mass is 35.5. The number of sulfonamides is 1. The molecular formula is C17H23ClN2O3S. The average Bonchev–Trinajstić information content (AvgIpc) is 3.33. The number of piperidine rings is 1. The molecule has 2 fully saturated rings. The minimum absolute atomic E-state index is 0.0243. The van der Waals surface area contributed by atoms with Gasteiger partial charge < -0.3 is 4.90 Å². The molecule has 0 aromatic heterocycles. The standard InChI is InChI=1S/C17H23ClN2O3S/c1-24(22,23)19-11-12-6-4-5-9-20(12)17(21)15-10-14(15)13-7-2-3-8-16(13)18/h2-3,7-8,12,14-15,19H,4-6,9-11H2,1H3/t12-,14+,15+/m0/s1. The maximum atomic E-state index is 12.9. The molecule has 0 radical (unpaired) electrons. The van der Waals surface area contributed by atoms with Crippen molar-refractivity contribution in [3.05, 3.63) is 34.9 Å². The zero-order valence-corrected chi connectivity index (χ0v) is 15.3. The number of likely N-dealkylation sites (tertiary alicyclic amines) is 1. The number of nitrogens with one attached hydrogen (secondary N) is 1. The lowest BCUT2D eigenvalue weighted by atomic mass is 10.0. The first kappa shape index (κ1) is 17.7. The van der Waals surface area contributed by atoms with E-state index in [2.05, 4.69) is 4.72 Å². The van der Waals surface area contributed by atoms with Crippen LogP contribution in [0.25, 0.3) is 0 Å². The average molecular weight is 371 g/mol. The van der Waals surface area contributed by atoms with E-state index >= 15 is 0 Å². The maximum absolute atomic E-state index is 12.9. The van der Waals surface area contributed by atoms with Crippen LogP contribution in [0.4, 0.5) is 0 Å². The Morgan fingerprint density at radius 3 is 2.79 bits per heavy atom. The highest BCUT2D eigenvalue weighted by Crippen LogP contribution is 2.50. The van der Waals surface area contributed by atoms with E-state index in [1.165, 1.54) is 0 Å². The van der Waals surface area contributed by atoms with Crippen molar-refractivity contribution < 1.29 is 13.2 Å². The Hall–Kier alpha value is -1.11. The molecule has 1 saturated carbocycles. The summed E-state index contributed by atoms with van der Waals surface area (Å²) in [4.78, 5) is 14.8. The number of halogens is 1. The van der Waals surface area contributed by atoms with Gasteiger partial charge in [-0.3, -0.25) is 4.79 Å². The van der Waals surface area contributed by atoms with Gasteiger partial charge in [0.1, 0.15) is 0 Å². The number of amides is 1. The van der Waals surface area contributed by atoms with Gasteiger partial charge in [0.25, 0.3) is 0 Å². The number of rotatable bonds is 5. The Bertz CT molecular complexity index is 722. The number of hydrogen-bond acceptors (Lipinski definition) is 3. The van der Waals surface area contributed by atoms with E-state index in [9.17, 15) is 13.2 Å². The molecule has 132 valence electrons. The van der Waals surface area contributed by atoms with Crippen LogP contribution < -0.4 is 4.72 Å². The van der Waals surface area contributed by atoms with Crippen molar-refractivity contribution in [2.45, 2.75) is 37.6 Å². The number of hydrogen-bond donors (Lipinski definition) is 1. The second-order valence-corrected chi connectivity index (χ2v) is 9.01. The van der Waals surface area contributed by atoms with Crippen LogP contribution >= 0.6 is 11.6 Å². The largest absolute Gasteiger partial charge is 0.338 e. The van der Waals surface area contributed by atoms with Crippen LogP contribution in [0.15, 0.2) is 24.3 Å². The summed E-state index contributed by atoms with van der Waals surface area (Å²) in [6.45, 7) is 1.01. The molecule has 0 bridgehead atoms. The van der Waals surface area contributed by atoms with Gasteiger partial charge >= 0.3 is 0 Å². The summed E-state index contributed by atoms with van der Waals surface area (Å²) < 4.78 is 25.2. The molecule has 1 saturated heterocycles. The van der Waals surface area contributed by atoms with Gasteiger partial charge in [-0.25, -0.2) is 13.1 Å².